The van der Waals surface area contributed by atoms with E-state index in [0.29, 0.717) is 22.6 Å². The van der Waals surface area contributed by atoms with Crippen LogP contribution in [0.3, 0.4) is 0 Å². The van der Waals surface area contributed by atoms with Crippen LogP contribution in [0.4, 0.5) is 0 Å². The number of benzene rings is 2. The molecule has 0 saturated heterocycles. The molecule has 0 unspecified atom stereocenters. The average molecular weight is 380 g/mol. The lowest BCUT2D eigenvalue weighted by atomic mass is 10.1. The number of ketones is 2. The molecule has 1 aliphatic carbocycles. The monoisotopic (exact) mass is 380 g/mol. The standard InChI is InChI=1S/C21H20N2O5/c1-27-17-8-7-13(11-18(17)28-2)12-19(24)23-22-10-9-16-20(25)14-5-3-4-6-15(14)21(16)26/h3-9,11,22H,10,12H2,1-2H3,(H,23,24). The molecule has 0 aromatic heterocycles. The predicted octanol–water partition coefficient (Wildman–Crippen LogP) is 1.87. The van der Waals surface area contributed by atoms with Crippen LogP contribution in [0.5, 0.6) is 11.5 Å². The fraction of sp³-hybridized carbons (Fsp3) is 0.190. The Hall–Kier alpha value is -3.45. The molecule has 2 aromatic rings. The van der Waals surface area contributed by atoms with Crippen molar-refractivity contribution in [2.75, 3.05) is 20.8 Å². The number of hydrogen-bond acceptors (Lipinski definition) is 6. The molecule has 0 fully saturated rings. The van der Waals surface area contributed by atoms with Gasteiger partial charge in [-0.05, 0) is 17.7 Å². The number of rotatable bonds is 7. The van der Waals surface area contributed by atoms with Gasteiger partial charge in [0.15, 0.2) is 23.1 Å². The van der Waals surface area contributed by atoms with Crippen LogP contribution >= 0.6 is 0 Å². The molecule has 7 nitrogen and oxygen atoms in total. The summed E-state index contributed by atoms with van der Waals surface area (Å²) in [5.41, 5.74) is 6.96. The molecule has 1 aliphatic rings. The van der Waals surface area contributed by atoms with E-state index >= 15 is 0 Å². The van der Waals surface area contributed by atoms with Crippen LogP contribution in [0.25, 0.3) is 0 Å². The maximum Gasteiger partial charge on any atom is 0.238 e. The van der Waals surface area contributed by atoms with Gasteiger partial charge in [0, 0.05) is 17.7 Å². The number of carbonyl (C=O) groups is 3. The van der Waals surface area contributed by atoms with Gasteiger partial charge >= 0.3 is 0 Å². The maximum absolute atomic E-state index is 12.3. The number of ether oxygens (including phenoxy) is 2. The first kappa shape index (κ1) is 19.3. The molecule has 0 radical (unpaired) electrons. The summed E-state index contributed by atoms with van der Waals surface area (Å²) in [7, 11) is 3.07. The number of hydrazine groups is 1. The summed E-state index contributed by atoms with van der Waals surface area (Å²) in [5, 5.41) is 0. The highest BCUT2D eigenvalue weighted by atomic mass is 16.5. The highest BCUT2D eigenvalue weighted by Gasteiger charge is 2.32. The van der Waals surface area contributed by atoms with Gasteiger partial charge in [-0.3, -0.25) is 19.8 Å². The number of fused-ring (bicyclic) bond motifs is 1. The molecule has 0 spiro atoms. The van der Waals surface area contributed by atoms with E-state index in [1.807, 2.05) is 0 Å². The first-order valence-corrected chi connectivity index (χ1v) is 8.66. The topological polar surface area (TPSA) is 93.7 Å². The second kappa shape index (κ2) is 8.49. The summed E-state index contributed by atoms with van der Waals surface area (Å²) >= 11 is 0. The van der Waals surface area contributed by atoms with Crippen molar-refractivity contribution in [3.8, 4) is 11.5 Å². The zero-order chi connectivity index (χ0) is 20.1. The second-order valence-electron chi connectivity index (χ2n) is 6.12. The van der Waals surface area contributed by atoms with Crippen molar-refractivity contribution in [2.45, 2.75) is 6.42 Å². The van der Waals surface area contributed by atoms with Crippen molar-refractivity contribution in [3.05, 3.63) is 70.8 Å². The summed E-state index contributed by atoms with van der Waals surface area (Å²) in [4.78, 5) is 36.6. The zero-order valence-corrected chi connectivity index (χ0v) is 15.6. The number of methoxy groups -OCH3 is 2. The van der Waals surface area contributed by atoms with Crippen molar-refractivity contribution in [1.82, 2.24) is 10.9 Å². The van der Waals surface area contributed by atoms with Gasteiger partial charge in [-0.1, -0.05) is 36.4 Å². The van der Waals surface area contributed by atoms with Crippen molar-refractivity contribution in [1.29, 1.82) is 0 Å². The van der Waals surface area contributed by atoms with E-state index in [1.54, 1.807) is 49.6 Å². The van der Waals surface area contributed by atoms with Crippen LogP contribution in [0.2, 0.25) is 0 Å². The minimum Gasteiger partial charge on any atom is -0.493 e. The Balaban J connectivity index is 1.53. The van der Waals surface area contributed by atoms with E-state index in [0.717, 1.165) is 5.56 Å². The zero-order valence-electron chi connectivity index (χ0n) is 15.6. The Bertz CT molecular complexity index is 928. The Morgan fingerprint density at radius 2 is 1.61 bits per heavy atom. The number of allylic oxidation sites excluding steroid dienone is 1. The average Bonchev–Trinajstić information content (AvgIpc) is 2.96. The quantitative estimate of drug-likeness (QED) is 0.330. The summed E-state index contributed by atoms with van der Waals surface area (Å²) in [6, 6.07) is 11.9. The minimum atomic E-state index is -0.293. The smallest absolute Gasteiger partial charge is 0.238 e. The maximum atomic E-state index is 12.3. The second-order valence-corrected chi connectivity index (χ2v) is 6.12. The molecular formula is C21H20N2O5. The van der Waals surface area contributed by atoms with Crippen LogP contribution in [0.15, 0.2) is 54.1 Å². The van der Waals surface area contributed by atoms with Crippen molar-refractivity contribution in [3.63, 3.8) is 0 Å². The Labute approximate surface area is 162 Å². The number of amides is 1. The van der Waals surface area contributed by atoms with E-state index in [4.69, 9.17) is 9.47 Å². The molecular weight excluding hydrogens is 360 g/mol. The van der Waals surface area contributed by atoms with E-state index < -0.39 is 0 Å². The molecule has 0 atom stereocenters. The van der Waals surface area contributed by atoms with Crippen LogP contribution < -0.4 is 20.3 Å². The molecule has 3 rings (SSSR count). The van der Waals surface area contributed by atoms with E-state index in [1.165, 1.54) is 13.2 Å². The molecule has 0 heterocycles. The van der Waals surface area contributed by atoms with Gasteiger partial charge in [0.05, 0.1) is 26.2 Å². The predicted molar refractivity (Wildman–Crippen MR) is 103 cm³/mol. The van der Waals surface area contributed by atoms with Gasteiger partial charge in [-0.15, -0.1) is 0 Å². The van der Waals surface area contributed by atoms with E-state index in [9.17, 15) is 14.4 Å². The van der Waals surface area contributed by atoms with Gasteiger partial charge in [-0.2, -0.15) is 0 Å². The Morgan fingerprint density at radius 3 is 2.21 bits per heavy atom. The van der Waals surface area contributed by atoms with Crippen molar-refractivity contribution in [2.24, 2.45) is 0 Å². The third-order valence-electron chi connectivity index (χ3n) is 4.35. The van der Waals surface area contributed by atoms with Gasteiger partial charge in [0.1, 0.15) is 0 Å². The number of carbonyl (C=O) groups excluding carboxylic acids is 3. The van der Waals surface area contributed by atoms with Gasteiger partial charge in [0.2, 0.25) is 5.91 Å². The highest BCUT2D eigenvalue weighted by Crippen LogP contribution is 2.28. The molecule has 7 heteroatoms. The molecule has 1 amide bonds. The normalized spacial score (nSPS) is 12.6. The molecule has 0 bridgehead atoms. The number of hydrogen-bond donors (Lipinski definition) is 2. The summed E-state index contributed by atoms with van der Waals surface area (Å²) in [6.07, 6.45) is 1.62. The lowest BCUT2D eigenvalue weighted by Crippen LogP contribution is -2.38. The van der Waals surface area contributed by atoms with E-state index in [-0.39, 0.29) is 36.0 Å². The SMILES string of the molecule is COc1ccc(CC(=O)NNCC=C2C(=O)c3ccccc3C2=O)cc1OC. The molecule has 144 valence electrons. The Kier molecular flexibility index (Phi) is 5.86. The molecule has 28 heavy (non-hydrogen) atoms. The molecule has 2 aromatic carbocycles. The van der Waals surface area contributed by atoms with Gasteiger partial charge in [-0.25, -0.2) is 5.43 Å². The lowest BCUT2D eigenvalue weighted by molar-refractivity contribution is -0.121. The van der Waals surface area contributed by atoms with E-state index in [2.05, 4.69) is 10.9 Å². The van der Waals surface area contributed by atoms with Crippen molar-refractivity contribution < 1.29 is 23.9 Å². The fourth-order valence-corrected chi connectivity index (χ4v) is 2.98. The highest BCUT2D eigenvalue weighted by molar-refractivity contribution is 6.39. The first-order chi connectivity index (χ1) is 13.5. The van der Waals surface area contributed by atoms with Crippen LogP contribution in [0, 0.1) is 0 Å². The van der Waals surface area contributed by atoms with Crippen LogP contribution in [-0.2, 0) is 11.2 Å². The minimum absolute atomic E-state index is 0.114. The third kappa shape index (κ3) is 3.94. The number of nitrogens with one attached hydrogen (secondary N) is 2. The van der Waals surface area contributed by atoms with Gasteiger partial charge < -0.3 is 9.47 Å². The summed E-state index contributed by atoms with van der Waals surface area (Å²) in [5.74, 6) is 0.280. The number of Topliss-reactive ketones (excluding diaryl/α,β-unsaturated/α-hetero) is 2. The van der Waals surface area contributed by atoms with Gasteiger partial charge in [0.25, 0.3) is 0 Å². The molecule has 2 N–H and O–H groups in total. The molecule has 0 saturated carbocycles. The third-order valence-corrected chi connectivity index (χ3v) is 4.35. The van der Waals surface area contributed by atoms with Crippen LogP contribution in [-0.4, -0.2) is 38.2 Å². The summed E-state index contributed by atoms with van der Waals surface area (Å²) in [6.45, 7) is 0.151. The fourth-order valence-electron chi connectivity index (χ4n) is 2.98. The van der Waals surface area contributed by atoms with Crippen molar-refractivity contribution >= 4 is 17.5 Å². The molecule has 0 aliphatic heterocycles. The Morgan fingerprint density at radius 1 is 0.964 bits per heavy atom. The lowest BCUT2D eigenvalue weighted by Gasteiger charge is -2.10. The summed E-state index contributed by atoms with van der Waals surface area (Å²) < 4.78 is 10.4. The first-order valence-electron chi connectivity index (χ1n) is 8.66. The largest absolute Gasteiger partial charge is 0.493 e. The van der Waals surface area contributed by atoms with Crippen LogP contribution in [0.1, 0.15) is 26.3 Å².